The summed E-state index contributed by atoms with van der Waals surface area (Å²) in [6.07, 6.45) is -2.66. The minimum absolute atomic E-state index is 0.0841. The Morgan fingerprint density at radius 1 is 1.33 bits per heavy atom. The van der Waals surface area contributed by atoms with Crippen molar-refractivity contribution in [1.82, 2.24) is 0 Å². The molecule has 0 fully saturated rings. The van der Waals surface area contributed by atoms with Crippen LogP contribution in [0.2, 0.25) is 5.02 Å². The van der Waals surface area contributed by atoms with Crippen LogP contribution in [0.4, 0.5) is 13.2 Å². The first-order valence-electron chi connectivity index (χ1n) is 2.95. The SMILES string of the molecule is Fc1ccc(C(F)F)c(Br)c1Cl. The minimum Gasteiger partial charge on any atom is -0.205 e. The Balaban J connectivity index is 3.27. The van der Waals surface area contributed by atoms with Gasteiger partial charge in [0.05, 0.1) is 5.02 Å². The van der Waals surface area contributed by atoms with E-state index in [1.807, 2.05) is 0 Å². The van der Waals surface area contributed by atoms with Gasteiger partial charge in [-0.3, -0.25) is 0 Å². The van der Waals surface area contributed by atoms with Crippen molar-refractivity contribution in [1.29, 1.82) is 0 Å². The third-order valence-corrected chi connectivity index (χ3v) is 2.75. The van der Waals surface area contributed by atoms with E-state index in [4.69, 9.17) is 11.6 Å². The summed E-state index contributed by atoms with van der Waals surface area (Å²) in [6.45, 7) is 0. The molecule has 0 atom stereocenters. The molecule has 0 aromatic heterocycles. The van der Waals surface area contributed by atoms with Gasteiger partial charge in [-0.15, -0.1) is 0 Å². The number of alkyl halides is 2. The third-order valence-electron chi connectivity index (χ3n) is 1.30. The zero-order chi connectivity index (χ0) is 9.30. The average Bonchev–Trinajstić information content (AvgIpc) is 2.00. The van der Waals surface area contributed by atoms with Crippen molar-refractivity contribution in [2.75, 3.05) is 0 Å². The predicted octanol–water partition coefficient (Wildman–Crippen LogP) is 4.18. The normalized spacial score (nSPS) is 10.8. The molecule has 12 heavy (non-hydrogen) atoms. The summed E-state index contributed by atoms with van der Waals surface area (Å²) >= 11 is 8.15. The summed E-state index contributed by atoms with van der Waals surface area (Å²) in [6, 6.07) is 1.91. The van der Waals surface area contributed by atoms with Gasteiger partial charge in [0.25, 0.3) is 6.43 Å². The zero-order valence-corrected chi connectivity index (χ0v) is 7.96. The molecule has 0 unspecified atom stereocenters. The fourth-order valence-electron chi connectivity index (χ4n) is 0.709. The Morgan fingerprint density at radius 3 is 2.42 bits per heavy atom. The van der Waals surface area contributed by atoms with Gasteiger partial charge in [0.2, 0.25) is 0 Å². The summed E-state index contributed by atoms with van der Waals surface area (Å²) in [5.74, 6) is -0.715. The van der Waals surface area contributed by atoms with Crippen molar-refractivity contribution >= 4 is 27.5 Å². The molecule has 0 aliphatic carbocycles. The second kappa shape index (κ2) is 3.66. The van der Waals surface area contributed by atoms with Crippen LogP contribution in [0.25, 0.3) is 0 Å². The van der Waals surface area contributed by atoms with Crippen molar-refractivity contribution in [3.8, 4) is 0 Å². The van der Waals surface area contributed by atoms with Gasteiger partial charge in [-0.1, -0.05) is 11.6 Å². The first kappa shape index (κ1) is 9.86. The monoisotopic (exact) mass is 258 g/mol. The molecule has 1 aromatic carbocycles. The molecule has 0 saturated carbocycles. The van der Waals surface area contributed by atoms with Crippen LogP contribution in [0.5, 0.6) is 0 Å². The Morgan fingerprint density at radius 2 is 1.92 bits per heavy atom. The number of hydrogen-bond donors (Lipinski definition) is 0. The molecule has 0 aliphatic rings. The molecule has 0 spiro atoms. The van der Waals surface area contributed by atoms with Crippen LogP contribution < -0.4 is 0 Å². The van der Waals surface area contributed by atoms with Gasteiger partial charge in [-0.05, 0) is 28.1 Å². The molecule has 5 heteroatoms. The lowest BCUT2D eigenvalue weighted by Gasteiger charge is -2.04. The molecule has 0 bridgehead atoms. The zero-order valence-electron chi connectivity index (χ0n) is 5.62. The van der Waals surface area contributed by atoms with Gasteiger partial charge in [-0.2, -0.15) is 0 Å². The van der Waals surface area contributed by atoms with Gasteiger partial charge in [0, 0.05) is 10.0 Å². The van der Waals surface area contributed by atoms with E-state index in [0.29, 0.717) is 0 Å². The van der Waals surface area contributed by atoms with Crippen LogP contribution in [-0.4, -0.2) is 0 Å². The predicted molar refractivity (Wildman–Crippen MR) is 44.1 cm³/mol. The maximum absolute atomic E-state index is 12.6. The minimum atomic E-state index is -2.66. The van der Waals surface area contributed by atoms with Gasteiger partial charge < -0.3 is 0 Å². The Kier molecular flexibility index (Phi) is 3.01. The number of rotatable bonds is 1. The molecule has 0 aliphatic heterocycles. The first-order chi connectivity index (χ1) is 5.54. The number of hydrogen-bond acceptors (Lipinski definition) is 0. The van der Waals surface area contributed by atoms with E-state index in [1.165, 1.54) is 0 Å². The van der Waals surface area contributed by atoms with E-state index in [2.05, 4.69) is 15.9 Å². The smallest absolute Gasteiger partial charge is 0.205 e. The van der Waals surface area contributed by atoms with E-state index in [1.54, 1.807) is 0 Å². The molecule has 0 N–H and O–H groups in total. The standard InChI is InChI=1S/C7H3BrClF3/c8-5-3(7(11)12)1-2-4(10)6(5)9/h1-2,7H. The van der Waals surface area contributed by atoms with E-state index in [9.17, 15) is 13.2 Å². The van der Waals surface area contributed by atoms with Crippen LogP contribution >= 0.6 is 27.5 Å². The Bertz CT molecular complexity index is 301. The van der Waals surface area contributed by atoms with Crippen LogP contribution in [-0.2, 0) is 0 Å². The average molecular weight is 259 g/mol. The highest BCUT2D eigenvalue weighted by atomic mass is 79.9. The summed E-state index contributed by atoms with van der Waals surface area (Å²) in [5, 5.41) is -0.312. The quantitative estimate of drug-likeness (QED) is 0.664. The lowest BCUT2D eigenvalue weighted by atomic mass is 10.2. The lowest BCUT2D eigenvalue weighted by Crippen LogP contribution is -1.89. The molecular formula is C7H3BrClF3. The van der Waals surface area contributed by atoms with Gasteiger partial charge >= 0.3 is 0 Å². The van der Waals surface area contributed by atoms with Crippen molar-refractivity contribution < 1.29 is 13.2 Å². The van der Waals surface area contributed by atoms with E-state index >= 15 is 0 Å². The maximum Gasteiger partial charge on any atom is 0.264 e. The Labute approximate surface area is 80.5 Å². The molecule has 0 heterocycles. The van der Waals surface area contributed by atoms with E-state index < -0.39 is 12.2 Å². The van der Waals surface area contributed by atoms with Crippen LogP contribution in [0.1, 0.15) is 12.0 Å². The lowest BCUT2D eigenvalue weighted by molar-refractivity contribution is 0.150. The second-order valence-electron chi connectivity index (χ2n) is 2.07. The van der Waals surface area contributed by atoms with Crippen molar-refractivity contribution in [3.05, 3.63) is 33.0 Å². The molecule has 66 valence electrons. The van der Waals surface area contributed by atoms with Crippen molar-refractivity contribution in [2.24, 2.45) is 0 Å². The highest BCUT2D eigenvalue weighted by Gasteiger charge is 2.15. The van der Waals surface area contributed by atoms with E-state index in [-0.39, 0.29) is 15.1 Å². The molecule has 0 amide bonds. The summed E-state index contributed by atoms with van der Waals surface area (Å²) < 4.78 is 36.8. The summed E-state index contributed by atoms with van der Waals surface area (Å²) in [4.78, 5) is 0. The topological polar surface area (TPSA) is 0 Å². The summed E-state index contributed by atoms with van der Waals surface area (Å²) in [5.41, 5.74) is -0.304. The number of benzene rings is 1. The van der Waals surface area contributed by atoms with Gasteiger partial charge in [-0.25, -0.2) is 13.2 Å². The van der Waals surface area contributed by atoms with Crippen LogP contribution in [0.15, 0.2) is 16.6 Å². The van der Waals surface area contributed by atoms with Crippen molar-refractivity contribution in [2.45, 2.75) is 6.43 Å². The molecule has 0 radical (unpaired) electrons. The molecule has 1 aromatic rings. The summed E-state index contributed by atoms with van der Waals surface area (Å²) in [7, 11) is 0. The van der Waals surface area contributed by atoms with Crippen LogP contribution in [0, 0.1) is 5.82 Å². The van der Waals surface area contributed by atoms with Gasteiger partial charge in [0.1, 0.15) is 5.82 Å². The van der Waals surface area contributed by atoms with E-state index in [0.717, 1.165) is 12.1 Å². The molecule has 1 rings (SSSR count). The number of halogens is 5. The highest BCUT2D eigenvalue weighted by molar-refractivity contribution is 9.10. The Hall–Kier alpha value is -0.220. The second-order valence-corrected chi connectivity index (χ2v) is 3.24. The van der Waals surface area contributed by atoms with Gasteiger partial charge in [0.15, 0.2) is 0 Å². The molecular weight excluding hydrogens is 256 g/mol. The van der Waals surface area contributed by atoms with Crippen molar-refractivity contribution in [3.63, 3.8) is 0 Å². The maximum atomic E-state index is 12.6. The molecule has 0 saturated heterocycles. The fraction of sp³-hybridized carbons (Fsp3) is 0.143. The highest BCUT2D eigenvalue weighted by Crippen LogP contribution is 2.34. The third kappa shape index (κ3) is 1.75. The molecule has 0 nitrogen and oxygen atoms in total. The van der Waals surface area contributed by atoms with Crippen LogP contribution in [0.3, 0.4) is 0 Å². The largest absolute Gasteiger partial charge is 0.264 e. The first-order valence-corrected chi connectivity index (χ1v) is 4.12. The fourth-order valence-corrected chi connectivity index (χ4v) is 1.38.